The summed E-state index contributed by atoms with van der Waals surface area (Å²) in [4.78, 5) is 38.6. The number of anilines is 1. The first-order chi connectivity index (χ1) is 13.2. The monoisotopic (exact) mass is 405 g/mol. The fourth-order valence-corrected chi connectivity index (χ4v) is 3.27. The standard InChI is InChI=1S/C17H19N5O5S/c1-11(16(24)20-21-17(25)15-5-3-4-10-18-15)22-28(26,27)14-8-6-13(7-9-14)19-12(2)23/h3-11,22H,1-2H3,(H,19,23)(H,20,24)(H,21,25)/t11-/m0/s1. The number of aromatic nitrogens is 1. The summed E-state index contributed by atoms with van der Waals surface area (Å²) in [5.74, 6) is -1.69. The Morgan fingerprint density at radius 1 is 1.00 bits per heavy atom. The van der Waals surface area contributed by atoms with Gasteiger partial charge >= 0.3 is 0 Å². The van der Waals surface area contributed by atoms with Gasteiger partial charge in [-0.15, -0.1) is 0 Å². The molecule has 1 aromatic heterocycles. The molecule has 28 heavy (non-hydrogen) atoms. The second-order valence-electron chi connectivity index (χ2n) is 5.71. The van der Waals surface area contributed by atoms with Gasteiger partial charge in [0.25, 0.3) is 11.8 Å². The number of sulfonamides is 1. The first kappa shape index (κ1) is 21.0. The molecule has 0 radical (unpaired) electrons. The average molecular weight is 405 g/mol. The van der Waals surface area contributed by atoms with Crippen LogP contribution in [0.25, 0.3) is 0 Å². The molecule has 1 aromatic carbocycles. The van der Waals surface area contributed by atoms with E-state index in [1.54, 1.807) is 12.1 Å². The van der Waals surface area contributed by atoms with Crippen molar-refractivity contribution < 1.29 is 22.8 Å². The van der Waals surface area contributed by atoms with Crippen molar-refractivity contribution in [3.8, 4) is 0 Å². The van der Waals surface area contributed by atoms with E-state index in [9.17, 15) is 22.8 Å². The van der Waals surface area contributed by atoms with Crippen LogP contribution < -0.4 is 20.9 Å². The Bertz CT molecular complexity index is 961. The summed E-state index contributed by atoms with van der Waals surface area (Å²) < 4.78 is 26.9. The van der Waals surface area contributed by atoms with Crippen LogP contribution in [-0.4, -0.2) is 37.2 Å². The van der Waals surface area contributed by atoms with Crippen molar-refractivity contribution in [2.45, 2.75) is 24.8 Å². The lowest BCUT2D eigenvalue weighted by atomic mass is 10.3. The number of nitrogens with zero attached hydrogens (tertiary/aromatic N) is 1. The summed E-state index contributed by atoms with van der Waals surface area (Å²) in [6, 6.07) is 8.97. The van der Waals surface area contributed by atoms with Gasteiger partial charge < -0.3 is 5.32 Å². The van der Waals surface area contributed by atoms with Crippen molar-refractivity contribution in [3.05, 3.63) is 54.4 Å². The average Bonchev–Trinajstić information content (AvgIpc) is 2.66. The predicted octanol–water partition coefficient (Wildman–Crippen LogP) is 0.168. The molecule has 0 saturated carbocycles. The molecule has 10 nitrogen and oxygen atoms in total. The van der Waals surface area contributed by atoms with Crippen molar-refractivity contribution in [3.63, 3.8) is 0 Å². The molecule has 0 saturated heterocycles. The topological polar surface area (TPSA) is 146 Å². The van der Waals surface area contributed by atoms with E-state index in [4.69, 9.17) is 0 Å². The zero-order valence-corrected chi connectivity index (χ0v) is 15.9. The number of pyridine rings is 1. The van der Waals surface area contributed by atoms with Crippen LogP contribution in [0.5, 0.6) is 0 Å². The maximum absolute atomic E-state index is 12.4. The quantitative estimate of drug-likeness (QED) is 0.504. The lowest BCUT2D eigenvalue weighted by Gasteiger charge is -2.15. The molecule has 148 valence electrons. The van der Waals surface area contributed by atoms with Crippen molar-refractivity contribution >= 4 is 33.4 Å². The van der Waals surface area contributed by atoms with E-state index >= 15 is 0 Å². The van der Waals surface area contributed by atoms with Gasteiger partial charge in [0.15, 0.2) is 0 Å². The first-order valence-electron chi connectivity index (χ1n) is 8.10. The molecule has 2 aromatic rings. The van der Waals surface area contributed by atoms with Crippen LogP contribution in [0.2, 0.25) is 0 Å². The molecular formula is C17H19N5O5S. The van der Waals surface area contributed by atoms with E-state index in [-0.39, 0.29) is 16.5 Å². The van der Waals surface area contributed by atoms with Gasteiger partial charge in [-0.05, 0) is 43.3 Å². The number of hydrogen-bond donors (Lipinski definition) is 4. The molecule has 0 spiro atoms. The number of amides is 3. The van der Waals surface area contributed by atoms with E-state index in [0.717, 1.165) is 0 Å². The number of hydrazine groups is 1. The minimum atomic E-state index is -3.99. The highest BCUT2D eigenvalue weighted by atomic mass is 32.2. The van der Waals surface area contributed by atoms with E-state index in [0.29, 0.717) is 5.69 Å². The first-order valence-corrected chi connectivity index (χ1v) is 9.58. The Kier molecular flexibility index (Phi) is 6.79. The van der Waals surface area contributed by atoms with Gasteiger partial charge in [-0.1, -0.05) is 6.07 Å². The molecule has 1 atom stereocenters. The zero-order valence-electron chi connectivity index (χ0n) is 15.1. The molecule has 0 aliphatic carbocycles. The lowest BCUT2D eigenvalue weighted by Crippen LogP contribution is -2.51. The smallest absolute Gasteiger partial charge is 0.288 e. The summed E-state index contributed by atoms with van der Waals surface area (Å²) in [6.45, 7) is 2.66. The van der Waals surface area contributed by atoms with E-state index in [2.05, 4.69) is 25.9 Å². The van der Waals surface area contributed by atoms with Crippen molar-refractivity contribution in [2.24, 2.45) is 0 Å². The van der Waals surface area contributed by atoms with Crippen LogP contribution >= 0.6 is 0 Å². The fourth-order valence-electron chi connectivity index (χ4n) is 2.06. The van der Waals surface area contributed by atoms with Gasteiger partial charge in [-0.3, -0.25) is 30.2 Å². The molecule has 0 bridgehead atoms. The molecule has 3 amide bonds. The third kappa shape index (κ3) is 5.86. The third-order valence-corrected chi connectivity index (χ3v) is 4.96. The molecule has 0 unspecified atom stereocenters. The Morgan fingerprint density at radius 2 is 1.68 bits per heavy atom. The molecule has 0 aliphatic rings. The van der Waals surface area contributed by atoms with Gasteiger partial charge in [-0.2, -0.15) is 4.72 Å². The molecule has 0 fully saturated rings. The van der Waals surface area contributed by atoms with Crippen LogP contribution in [0.3, 0.4) is 0 Å². The van der Waals surface area contributed by atoms with Crippen molar-refractivity contribution in [1.82, 2.24) is 20.6 Å². The molecule has 2 rings (SSSR count). The highest BCUT2D eigenvalue weighted by Crippen LogP contribution is 2.14. The maximum atomic E-state index is 12.4. The maximum Gasteiger partial charge on any atom is 0.288 e. The summed E-state index contributed by atoms with van der Waals surface area (Å²) >= 11 is 0. The zero-order chi connectivity index (χ0) is 20.7. The second kappa shape index (κ2) is 9.06. The Morgan fingerprint density at radius 3 is 2.25 bits per heavy atom. The van der Waals surface area contributed by atoms with Crippen LogP contribution in [0.15, 0.2) is 53.6 Å². The number of hydrogen-bond acceptors (Lipinski definition) is 6. The summed E-state index contributed by atoms with van der Waals surface area (Å²) in [5, 5.41) is 2.52. The molecular weight excluding hydrogens is 386 g/mol. The van der Waals surface area contributed by atoms with Gasteiger partial charge in [0, 0.05) is 18.8 Å². The van der Waals surface area contributed by atoms with Crippen LogP contribution in [0.1, 0.15) is 24.3 Å². The minimum absolute atomic E-state index is 0.0845. The van der Waals surface area contributed by atoms with E-state index in [1.165, 1.54) is 50.4 Å². The molecule has 4 N–H and O–H groups in total. The molecule has 0 aliphatic heterocycles. The van der Waals surface area contributed by atoms with Crippen molar-refractivity contribution in [1.29, 1.82) is 0 Å². The summed E-state index contributed by atoms with van der Waals surface area (Å²) in [5.41, 5.74) is 4.82. The fraction of sp³-hybridized carbons (Fsp3) is 0.176. The Labute approximate surface area is 161 Å². The predicted molar refractivity (Wildman–Crippen MR) is 100 cm³/mol. The number of carbonyl (C=O) groups is 3. The highest BCUT2D eigenvalue weighted by Gasteiger charge is 2.22. The van der Waals surface area contributed by atoms with E-state index < -0.39 is 27.9 Å². The second-order valence-corrected chi connectivity index (χ2v) is 7.42. The number of rotatable bonds is 6. The van der Waals surface area contributed by atoms with E-state index in [1.807, 2.05) is 0 Å². The molecule has 1 heterocycles. The SMILES string of the molecule is CC(=O)Nc1ccc(S(=O)(=O)N[C@@H](C)C(=O)NNC(=O)c2ccccn2)cc1. The number of benzene rings is 1. The minimum Gasteiger partial charge on any atom is -0.326 e. The lowest BCUT2D eigenvalue weighted by molar-refractivity contribution is -0.123. The Balaban J connectivity index is 1.94. The van der Waals surface area contributed by atoms with Gasteiger partial charge in [0.1, 0.15) is 5.69 Å². The highest BCUT2D eigenvalue weighted by molar-refractivity contribution is 7.89. The largest absolute Gasteiger partial charge is 0.326 e. The Hall–Kier alpha value is -3.31. The number of nitrogens with one attached hydrogen (secondary N) is 4. The normalized spacial score (nSPS) is 11.9. The van der Waals surface area contributed by atoms with Gasteiger partial charge in [0.2, 0.25) is 15.9 Å². The molecule has 11 heteroatoms. The van der Waals surface area contributed by atoms with Crippen LogP contribution in [-0.2, 0) is 19.6 Å². The summed E-state index contributed by atoms with van der Waals surface area (Å²) in [6.07, 6.45) is 1.42. The van der Waals surface area contributed by atoms with Crippen LogP contribution in [0, 0.1) is 0 Å². The number of carbonyl (C=O) groups excluding carboxylic acids is 3. The van der Waals surface area contributed by atoms with Crippen molar-refractivity contribution in [2.75, 3.05) is 5.32 Å². The van der Waals surface area contributed by atoms with Gasteiger partial charge in [-0.25, -0.2) is 8.42 Å². The van der Waals surface area contributed by atoms with Gasteiger partial charge in [0.05, 0.1) is 10.9 Å². The summed E-state index contributed by atoms with van der Waals surface area (Å²) in [7, 11) is -3.99. The van der Waals surface area contributed by atoms with Crippen LogP contribution in [0.4, 0.5) is 5.69 Å². The third-order valence-electron chi connectivity index (χ3n) is 3.41.